The monoisotopic (exact) mass is 231 g/mol. The average Bonchev–Trinajstić information content (AvgIpc) is 2.62. The number of amides is 1. The molecular weight excluding hydrogens is 214 g/mol. The van der Waals surface area contributed by atoms with Gasteiger partial charge >= 0.3 is 12.1 Å². The number of hydrogen-bond donors (Lipinski definition) is 2. The second-order valence-corrected chi connectivity index (χ2v) is 3.78. The van der Waals surface area contributed by atoms with Crippen molar-refractivity contribution < 1.29 is 24.2 Å². The highest BCUT2D eigenvalue weighted by molar-refractivity contribution is 5.69. The maximum absolute atomic E-state index is 10.9. The van der Waals surface area contributed by atoms with Crippen LogP contribution in [0.3, 0.4) is 0 Å². The van der Waals surface area contributed by atoms with Gasteiger partial charge in [0.2, 0.25) is 0 Å². The Bertz CT molecular complexity index is 268. The molecule has 16 heavy (non-hydrogen) atoms. The Labute approximate surface area is 93.9 Å². The van der Waals surface area contributed by atoms with Gasteiger partial charge in [0.25, 0.3) is 0 Å². The van der Waals surface area contributed by atoms with Crippen molar-refractivity contribution in [3.05, 3.63) is 0 Å². The summed E-state index contributed by atoms with van der Waals surface area (Å²) in [6.45, 7) is 3.31. The molecule has 0 radical (unpaired) electrons. The Balaban J connectivity index is 2.55. The summed E-state index contributed by atoms with van der Waals surface area (Å²) in [7, 11) is 0. The molecule has 6 heteroatoms. The number of alkyl carbamates (subject to hydrolysis) is 1. The largest absolute Gasteiger partial charge is 0.460 e. The quantitative estimate of drug-likeness (QED) is 0.660. The van der Waals surface area contributed by atoms with E-state index in [2.05, 4.69) is 10.1 Å². The summed E-state index contributed by atoms with van der Waals surface area (Å²) in [5.41, 5.74) is 0. The van der Waals surface area contributed by atoms with E-state index in [9.17, 15) is 14.7 Å². The van der Waals surface area contributed by atoms with E-state index in [-0.39, 0.29) is 6.61 Å². The predicted octanol–water partition coefficient (Wildman–Crippen LogP) is 0.187. The number of aliphatic hydroxyl groups is 1. The third-order valence-electron chi connectivity index (χ3n) is 2.38. The van der Waals surface area contributed by atoms with Crippen LogP contribution in [-0.2, 0) is 14.3 Å². The average molecular weight is 231 g/mol. The number of rotatable bonds is 5. The van der Waals surface area contributed by atoms with E-state index in [0.29, 0.717) is 6.42 Å². The van der Waals surface area contributed by atoms with Gasteiger partial charge in [0.1, 0.15) is 18.8 Å². The van der Waals surface area contributed by atoms with E-state index < -0.39 is 30.3 Å². The maximum Gasteiger partial charge on any atom is 0.407 e. The fourth-order valence-electron chi connectivity index (χ4n) is 1.64. The molecule has 3 atom stereocenters. The van der Waals surface area contributed by atoms with Crippen LogP contribution < -0.4 is 5.32 Å². The van der Waals surface area contributed by atoms with Gasteiger partial charge in [0.05, 0.1) is 6.04 Å². The molecule has 1 rings (SSSR count). The van der Waals surface area contributed by atoms with Crippen LogP contribution in [0.2, 0.25) is 0 Å². The number of carbonyl (C=O) groups excluding carboxylic acids is 2. The minimum absolute atomic E-state index is 0.0987. The molecule has 0 bridgehead atoms. The van der Waals surface area contributed by atoms with E-state index >= 15 is 0 Å². The second-order valence-electron chi connectivity index (χ2n) is 3.78. The molecule has 2 N–H and O–H groups in total. The van der Waals surface area contributed by atoms with Crippen molar-refractivity contribution in [3.63, 3.8) is 0 Å². The summed E-state index contributed by atoms with van der Waals surface area (Å²) in [5, 5.41) is 12.4. The zero-order chi connectivity index (χ0) is 12.1. The minimum atomic E-state index is -0.935. The lowest BCUT2D eigenvalue weighted by molar-refractivity contribution is -0.153. The molecule has 0 spiro atoms. The van der Waals surface area contributed by atoms with Gasteiger partial charge in [-0.25, -0.2) is 4.79 Å². The third-order valence-corrected chi connectivity index (χ3v) is 2.38. The molecule has 0 aromatic heterocycles. The smallest absolute Gasteiger partial charge is 0.407 e. The van der Waals surface area contributed by atoms with Crippen molar-refractivity contribution in [2.75, 3.05) is 6.61 Å². The van der Waals surface area contributed by atoms with Crippen molar-refractivity contribution >= 4 is 12.1 Å². The Morgan fingerprint density at radius 1 is 1.75 bits per heavy atom. The molecule has 1 heterocycles. The fourth-order valence-corrected chi connectivity index (χ4v) is 1.64. The van der Waals surface area contributed by atoms with Crippen molar-refractivity contribution in [1.82, 2.24) is 5.32 Å². The highest BCUT2D eigenvalue weighted by atomic mass is 16.6. The molecule has 0 aromatic rings. The van der Waals surface area contributed by atoms with E-state index in [1.54, 1.807) is 0 Å². The van der Waals surface area contributed by atoms with E-state index in [1.165, 1.54) is 6.92 Å². The summed E-state index contributed by atoms with van der Waals surface area (Å²) < 4.78 is 9.67. The first kappa shape index (κ1) is 12.8. The van der Waals surface area contributed by atoms with Gasteiger partial charge in [-0.15, -0.1) is 0 Å². The number of esters is 1. The first-order valence-electron chi connectivity index (χ1n) is 5.33. The van der Waals surface area contributed by atoms with Crippen molar-refractivity contribution in [1.29, 1.82) is 0 Å². The number of nitrogens with one attached hydrogen (secondary N) is 1. The Hall–Kier alpha value is -1.30. The highest BCUT2D eigenvalue weighted by Crippen LogP contribution is 2.14. The normalized spacial score (nSPS) is 23.2. The zero-order valence-corrected chi connectivity index (χ0v) is 9.43. The summed E-state index contributed by atoms with van der Waals surface area (Å²) in [6.07, 6.45) is -0.768. The summed E-state index contributed by atoms with van der Waals surface area (Å²) in [5.74, 6) is -0.442. The highest BCUT2D eigenvalue weighted by Gasteiger charge is 2.35. The molecule has 6 nitrogen and oxygen atoms in total. The minimum Gasteiger partial charge on any atom is -0.460 e. The molecule has 0 aliphatic carbocycles. The molecule has 0 unspecified atom stereocenters. The SMILES string of the molecule is CCC[C@@H](OC(C)=O)[C@H](O)[C@H]1COC(=O)N1. The fraction of sp³-hybridized carbons (Fsp3) is 0.800. The van der Waals surface area contributed by atoms with E-state index in [0.717, 1.165) is 6.42 Å². The van der Waals surface area contributed by atoms with Gasteiger partial charge in [0, 0.05) is 6.92 Å². The van der Waals surface area contributed by atoms with E-state index in [4.69, 9.17) is 4.74 Å². The van der Waals surface area contributed by atoms with Gasteiger partial charge in [-0.1, -0.05) is 13.3 Å². The van der Waals surface area contributed by atoms with Crippen LogP contribution in [0.5, 0.6) is 0 Å². The lowest BCUT2D eigenvalue weighted by Crippen LogP contribution is -2.46. The summed E-state index contributed by atoms with van der Waals surface area (Å²) >= 11 is 0. The standard InChI is InChI=1S/C10H17NO5/c1-3-4-8(16-6(2)12)9(13)7-5-15-10(14)11-7/h7-9,13H,3-5H2,1-2H3,(H,11,14)/t7-,8-,9-/m1/s1. The van der Waals surface area contributed by atoms with Crippen LogP contribution in [-0.4, -0.2) is 42.0 Å². The molecule has 92 valence electrons. The molecule has 1 fully saturated rings. The first-order chi connectivity index (χ1) is 7.54. The Kier molecular flexibility index (Phi) is 4.54. The number of aliphatic hydroxyl groups excluding tert-OH is 1. The van der Waals surface area contributed by atoms with Crippen molar-refractivity contribution in [3.8, 4) is 0 Å². The number of hydrogen-bond acceptors (Lipinski definition) is 5. The number of cyclic esters (lactones) is 1. The Morgan fingerprint density at radius 2 is 2.44 bits per heavy atom. The van der Waals surface area contributed by atoms with Crippen LogP contribution >= 0.6 is 0 Å². The predicted molar refractivity (Wildman–Crippen MR) is 54.7 cm³/mol. The lowest BCUT2D eigenvalue weighted by atomic mass is 10.0. The van der Waals surface area contributed by atoms with Crippen LogP contribution in [0.15, 0.2) is 0 Å². The van der Waals surface area contributed by atoms with Gasteiger partial charge in [0.15, 0.2) is 0 Å². The molecule has 0 saturated carbocycles. The zero-order valence-electron chi connectivity index (χ0n) is 9.43. The van der Waals surface area contributed by atoms with E-state index in [1.807, 2.05) is 6.92 Å². The number of carbonyl (C=O) groups is 2. The molecule has 1 saturated heterocycles. The molecule has 0 aromatic carbocycles. The number of ether oxygens (including phenoxy) is 2. The maximum atomic E-state index is 10.9. The van der Waals surface area contributed by atoms with Crippen LogP contribution in [0.1, 0.15) is 26.7 Å². The van der Waals surface area contributed by atoms with Crippen LogP contribution in [0.25, 0.3) is 0 Å². The summed E-state index contributed by atoms with van der Waals surface area (Å²) in [6, 6.07) is -0.511. The van der Waals surface area contributed by atoms with Gasteiger partial charge in [-0.05, 0) is 6.42 Å². The molecule has 1 aliphatic heterocycles. The molecule has 1 aliphatic rings. The summed E-state index contributed by atoms with van der Waals surface area (Å²) in [4.78, 5) is 21.7. The van der Waals surface area contributed by atoms with Gasteiger partial charge in [-0.2, -0.15) is 0 Å². The third kappa shape index (κ3) is 3.37. The van der Waals surface area contributed by atoms with Crippen molar-refractivity contribution in [2.24, 2.45) is 0 Å². The Morgan fingerprint density at radius 3 is 2.88 bits per heavy atom. The van der Waals surface area contributed by atoms with Crippen LogP contribution in [0, 0.1) is 0 Å². The van der Waals surface area contributed by atoms with Gasteiger partial charge < -0.3 is 19.9 Å². The lowest BCUT2D eigenvalue weighted by Gasteiger charge is -2.25. The molecule has 1 amide bonds. The molecular formula is C10H17NO5. The first-order valence-corrected chi connectivity index (χ1v) is 5.33. The second kappa shape index (κ2) is 5.69. The van der Waals surface area contributed by atoms with Crippen LogP contribution in [0.4, 0.5) is 4.79 Å². The van der Waals surface area contributed by atoms with Crippen molar-refractivity contribution in [2.45, 2.75) is 44.9 Å². The topological polar surface area (TPSA) is 84.9 Å². The van der Waals surface area contributed by atoms with Gasteiger partial charge in [-0.3, -0.25) is 4.79 Å².